The number of carbonyl (C=O) groups is 2. The second kappa shape index (κ2) is 6.56. The Kier molecular flexibility index (Phi) is 5.33. The van der Waals surface area contributed by atoms with Crippen molar-refractivity contribution >= 4 is 39.8 Å². The molecule has 1 amide bonds. The van der Waals surface area contributed by atoms with E-state index in [2.05, 4.69) is 21.2 Å². The van der Waals surface area contributed by atoms with Crippen LogP contribution in [0.25, 0.3) is 6.08 Å². The molecule has 0 spiro atoms. The van der Waals surface area contributed by atoms with E-state index in [0.717, 1.165) is 6.08 Å². The van der Waals surface area contributed by atoms with Crippen LogP contribution in [-0.4, -0.2) is 22.8 Å². The van der Waals surface area contributed by atoms with E-state index in [4.69, 9.17) is 9.84 Å². The third-order valence-electron chi connectivity index (χ3n) is 2.04. The van der Waals surface area contributed by atoms with Crippen molar-refractivity contribution in [2.24, 2.45) is 0 Å². The molecule has 0 fully saturated rings. The maximum absolute atomic E-state index is 11.7. The smallest absolute Gasteiger partial charge is 0.412 e. The Morgan fingerprint density at radius 1 is 1.35 bits per heavy atom. The number of hydrogen-bond acceptors (Lipinski definition) is 3. The minimum atomic E-state index is -1.03. The first-order valence-corrected chi connectivity index (χ1v) is 6.67. The highest BCUT2D eigenvalue weighted by molar-refractivity contribution is 9.10. The standard InChI is InChI=1S/C14H16BrNO4/c1-14(2,3)20-13(19)16-11-8-9(4-6-10(11)15)5-7-12(17)18/h4-8H,1-3H3,(H,16,19)(H,17,18)/b7-5+. The lowest BCUT2D eigenvalue weighted by Gasteiger charge is -2.20. The van der Waals surface area contributed by atoms with Gasteiger partial charge >= 0.3 is 12.1 Å². The predicted molar refractivity (Wildman–Crippen MR) is 80.7 cm³/mol. The van der Waals surface area contributed by atoms with Crippen molar-refractivity contribution in [2.75, 3.05) is 5.32 Å². The van der Waals surface area contributed by atoms with Gasteiger partial charge in [0.15, 0.2) is 0 Å². The van der Waals surface area contributed by atoms with Crippen molar-refractivity contribution in [1.82, 2.24) is 0 Å². The molecule has 0 atom stereocenters. The van der Waals surface area contributed by atoms with Gasteiger partial charge in [0, 0.05) is 10.5 Å². The highest BCUT2D eigenvalue weighted by Crippen LogP contribution is 2.25. The van der Waals surface area contributed by atoms with Crippen LogP contribution in [0.5, 0.6) is 0 Å². The van der Waals surface area contributed by atoms with Gasteiger partial charge in [-0.1, -0.05) is 6.07 Å². The van der Waals surface area contributed by atoms with Crippen molar-refractivity contribution in [3.05, 3.63) is 34.3 Å². The number of rotatable bonds is 3. The molecule has 1 aromatic carbocycles. The van der Waals surface area contributed by atoms with E-state index in [1.807, 2.05) is 0 Å². The number of carboxylic acid groups (broad SMARTS) is 1. The Balaban J connectivity index is 2.87. The monoisotopic (exact) mass is 341 g/mol. The zero-order chi connectivity index (χ0) is 15.3. The number of halogens is 1. The van der Waals surface area contributed by atoms with E-state index in [-0.39, 0.29) is 0 Å². The molecule has 0 bridgehead atoms. The predicted octanol–water partition coefficient (Wildman–Crippen LogP) is 3.89. The maximum Gasteiger partial charge on any atom is 0.412 e. The Labute approximate surface area is 125 Å². The Bertz CT molecular complexity index is 547. The third-order valence-corrected chi connectivity index (χ3v) is 2.74. The SMILES string of the molecule is CC(C)(C)OC(=O)Nc1cc(/C=C/C(=O)O)ccc1Br. The first kappa shape index (κ1) is 16.2. The molecule has 0 aliphatic rings. The van der Waals surface area contributed by atoms with Crippen LogP contribution in [0.1, 0.15) is 26.3 Å². The van der Waals surface area contributed by atoms with Crippen LogP contribution in [0.2, 0.25) is 0 Å². The van der Waals surface area contributed by atoms with Crippen LogP contribution < -0.4 is 5.32 Å². The first-order chi connectivity index (χ1) is 9.17. The molecule has 0 unspecified atom stereocenters. The van der Waals surface area contributed by atoms with Gasteiger partial charge in [-0.05, 0) is 60.5 Å². The van der Waals surface area contributed by atoms with Crippen molar-refractivity contribution in [1.29, 1.82) is 0 Å². The molecular formula is C14H16BrNO4. The number of amides is 1. The number of hydrogen-bond donors (Lipinski definition) is 2. The summed E-state index contributed by atoms with van der Waals surface area (Å²) in [6, 6.07) is 5.09. The van der Waals surface area contributed by atoms with Crippen LogP contribution in [0, 0.1) is 0 Å². The van der Waals surface area contributed by atoms with Gasteiger partial charge in [0.1, 0.15) is 5.60 Å². The molecule has 0 radical (unpaired) electrons. The van der Waals surface area contributed by atoms with Crippen LogP contribution >= 0.6 is 15.9 Å². The average Bonchev–Trinajstić information content (AvgIpc) is 2.27. The number of nitrogens with one attached hydrogen (secondary N) is 1. The molecule has 0 heterocycles. The van der Waals surface area contributed by atoms with E-state index >= 15 is 0 Å². The molecule has 0 aliphatic heterocycles. The van der Waals surface area contributed by atoms with Gasteiger partial charge in [0.05, 0.1) is 5.69 Å². The van der Waals surface area contributed by atoms with Gasteiger partial charge < -0.3 is 9.84 Å². The summed E-state index contributed by atoms with van der Waals surface area (Å²) in [5, 5.41) is 11.2. The normalized spacial score (nSPS) is 11.4. The van der Waals surface area contributed by atoms with E-state index < -0.39 is 17.7 Å². The number of anilines is 1. The van der Waals surface area contributed by atoms with Gasteiger partial charge in [0.2, 0.25) is 0 Å². The highest BCUT2D eigenvalue weighted by Gasteiger charge is 2.16. The lowest BCUT2D eigenvalue weighted by Crippen LogP contribution is -2.27. The Hall–Kier alpha value is -1.82. The van der Waals surface area contributed by atoms with Gasteiger partial charge in [-0.15, -0.1) is 0 Å². The molecule has 1 aromatic rings. The number of carboxylic acids is 1. The Morgan fingerprint density at radius 2 is 2.00 bits per heavy atom. The molecule has 1 rings (SSSR count). The van der Waals surface area contributed by atoms with Crippen LogP contribution in [0.15, 0.2) is 28.7 Å². The summed E-state index contributed by atoms with van der Waals surface area (Å²) in [7, 11) is 0. The van der Waals surface area contributed by atoms with Gasteiger partial charge in [-0.3, -0.25) is 5.32 Å². The molecule has 0 aliphatic carbocycles. The molecule has 6 heteroatoms. The number of benzene rings is 1. The second-order valence-electron chi connectivity index (χ2n) is 5.04. The van der Waals surface area contributed by atoms with E-state index in [1.54, 1.807) is 39.0 Å². The number of carbonyl (C=O) groups excluding carboxylic acids is 1. The molecule has 2 N–H and O–H groups in total. The average molecular weight is 342 g/mol. The quantitative estimate of drug-likeness (QED) is 0.817. The third kappa shape index (κ3) is 5.88. The molecule has 5 nitrogen and oxygen atoms in total. The zero-order valence-electron chi connectivity index (χ0n) is 11.4. The van der Waals surface area contributed by atoms with Gasteiger partial charge in [-0.2, -0.15) is 0 Å². The van der Waals surface area contributed by atoms with Crippen molar-refractivity contribution in [3.8, 4) is 0 Å². The summed E-state index contributed by atoms with van der Waals surface area (Å²) < 4.78 is 5.83. The van der Waals surface area contributed by atoms with E-state index in [1.165, 1.54) is 6.08 Å². The van der Waals surface area contributed by atoms with Gasteiger partial charge in [-0.25, -0.2) is 9.59 Å². The highest BCUT2D eigenvalue weighted by atomic mass is 79.9. The fraction of sp³-hybridized carbons (Fsp3) is 0.286. The summed E-state index contributed by atoms with van der Waals surface area (Å²) in [6.07, 6.45) is 1.90. The summed E-state index contributed by atoms with van der Waals surface area (Å²) >= 11 is 3.31. The fourth-order valence-corrected chi connectivity index (χ4v) is 1.67. The lowest BCUT2D eigenvalue weighted by molar-refractivity contribution is -0.131. The van der Waals surface area contributed by atoms with E-state index in [9.17, 15) is 9.59 Å². The van der Waals surface area contributed by atoms with E-state index in [0.29, 0.717) is 15.7 Å². The topological polar surface area (TPSA) is 75.6 Å². The number of ether oxygens (including phenoxy) is 1. The summed E-state index contributed by atoms with van der Waals surface area (Å²) in [5.41, 5.74) is 0.575. The Morgan fingerprint density at radius 3 is 2.55 bits per heavy atom. The molecule has 0 saturated carbocycles. The molecule has 108 valence electrons. The minimum Gasteiger partial charge on any atom is -0.478 e. The molecular weight excluding hydrogens is 326 g/mol. The summed E-state index contributed by atoms with van der Waals surface area (Å²) in [5.74, 6) is -1.03. The zero-order valence-corrected chi connectivity index (χ0v) is 13.0. The van der Waals surface area contributed by atoms with Crippen molar-refractivity contribution in [2.45, 2.75) is 26.4 Å². The van der Waals surface area contributed by atoms with Crippen molar-refractivity contribution < 1.29 is 19.4 Å². The largest absolute Gasteiger partial charge is 0.478 e. The molecule has 20 heavy (non-hydrogen) atoms. The van der Waals surface area contributed by atoms with Crippen LogP contribution in [0.4, 0.5) is 10.5 Å². The van der Waals surface area contributed by atoms with Gasteiger partial charge in [0.25, 0.3) is 0 Å². The summed E-state index contributed by atoms with van der Waals surface area (Å²) in [6.45, 7) is 5.31. The first-order valence-electron chi connectivity index (χ1n) is 5.88. The lowest BCUT2D eigenvalue weighted by atomic mass is 10.2. The van der Waals surface area contributed by atoms with Crippen LogP contribution in [0.3, 0.4) is 0 Å². The molecule has 0 saturated heterocycles. The summed E-state index contributed by atoms with van der Waals surface area (Å²) in [4.78, 5) is 22.2. The maximum atomic E-state index is 11.7. The molecule has 0 aromatic heterocycles. The second-order valence-corrected chi connectivity index (χ2v) is 5.89. The fourth-order valence-electron chi connectivity index (χ4n) is 1.32. The minimum absolute atomic E-state index is 0.506. The van der Waals surface area contributed by atoms with Crippen molar-refractivity contribution in [3.63, 3.8) is 0 Å². The number of aliphatic carboxylic acids is 1. The van der Waals surface area contributed by atoms with Crippen LogP contribution in [-0.2, 0) is 9.53 Å².